The van der Waals surface area contributed by atoms with E-state index in [1.807, 2.05) is 29.9 Å². The molecule has 0 N–H and O–H groups in total. The van der Waals surface area contributed by atoms with Gasteiger partial charge in [0.05, 0.1) is 12.1 Å². The van der Waals surface area contributed by atoms with Gasteiger partial charge in [0, 0.05) is 25.5 Å². The van der Waals surface area contributed by atoms with E-state index in [2.05, 4.69) is 6.92 Å². The highest BCUT2D eigenvalue weighted by atomic mass is 19.1. The van der Waals surface area contributed by atoms with E-state index in [1.165, 1.54) is 6.07 Å². The van der Waals surface area contributed by atoms with Crippen LogP contribution in [0.4, 0.5) is 4.39 Å². The molecule has 0 saturated carbocycles. The van der Waals surface area contributed by atoms with E-state index in [9.17, 15) is 9.18 Å². The molecular formula is C17H21FN2O. The molecule has 1 heterocycles. The molecule has 0 saturated heterocycles. The number of halogens is 1. The molecule has 112 valence electrons. The first kappa shape index (κ1) is 15.3. The fourth-order valence-corrected chi connectivity index (χ4v) is 2.26. The molecule has 2 aromatic rings. The summed E-state index contributed by atoms with van der Waals surface area (Å²) in [7, 11) is 1.95. The molecule has 0 aliphatic rings. The third-order valence-electron chi connectivity index (χ3n) is 3.58. The van der Waals surface area contributed by atoms with Crippen LogP contribution < -0.4 is 0 Å². The minimum atomic E-state index is -0.462. The van der Waals surface area contributed by atoms with Crippen LogP contribution in [0.15, 0.2) is 42.6 Å². The number of unbranched alkanes of at least 4 members (excludes halogenated alkanes) is 1. The molecule has 0 spiro atoms. The van der Waals surface area contributed by atoms with Gasteiger partial charge in [-0.25, -0.2) is 4.39 Å². The highest BCUT2D eigenvalue weighted by Gasteiger charge is 2.19. The van der Waals surface area contributed by atoms with Crippen LogP contribution in [0.2, 0.25) is 0 Å². The molecule has 0 aliphatic carbocycles. The van der Waals surface area contributed by atoms with Crippen molar-refractivity contribution in [3.05, 3.63) is 59.7 Å². The van der Waals surface area contributed by atoms with Crippen molar-refractivity contribution in [2.75, 3.05) is 6.54 Å². The smallest absolute Gasteiger partial charge is 0.257 e. The Morgan fingerprint density at radius 2 is 2.00 bits per heavy atom. The molecule has 0 atom stereocenters. The number of amides is 1. The van der Waals surface area contributed by atoms with E-state index in [1.54, 1.807) is 23.1 Å². The van der Waals surface area contributed by atoms with Crippen molar-refractivity contribution in [3.8, 4) is 0 Å². The predicted molar refractivity (Wildman–Crippen MR) is 81.5 cm³/mol. The zero-order valence-corrected chi connectivity index (χ0v) is 12.6. The fourth-order valence-electron chi connectivity index (χ4n) is 2.26. The number of carbonyl (C=O) groups excluding carboxylic acids is 1. The number of hydrogen-bond donors (Lipinski definition) is 0. The Morgan fingerprint density at radius 3 is 2.62 bits per heavy atom. The van der Waals surface area contributed by atoms with Crippen LogP contribution in [0.1, 0.15) is 35.8 Å². The van der Waals surface area contributed by atoms with Crippen molar-refractivity contribution < 1.29 is 9.18 Å². The second-order valence-electron chi connectivity index (χ2n) is 5.17. The molecule has 1 aromatic heterocycles. The van der Waals surface area contributed by atoms with Gasteiger partial charge in [0.1, 0.15) is 5.82 Å². The van der Waals surface area contributed by atoms with Crippen LogP contribution in [0.25, 0.3) is 0 Å². The average Bonchev–Trinajstić information content (AvgIpc) is 2.88. The van der Waals surface area contributed by atoms with Crippen LogP contribution in [0.3, 0.4) is 0 Å². The van der Waals surface area contributed by atoms with Crippen molar-refractivity contribution >= 4 is 5.91 Å². The third kappa shape index (κ3) is 3.72. The molecule has 0 unspecified atom stereocenters. The molecular weight excluding hydrogens is 267 g/mol. The van der Waals surface area contributed by atoms with Crippen LogP contribution in [-0.2, 0) is 13.6 Å². The molecule has 1 aromatic carbocycles. The maximum absolute atomic E-state index is 13.8. The fraction of sp³-hybridized carbons (Fsp3) is 0.353. The molecule has 2 rings (SSSR count). The summed E-state index contributed by atoms with van der Waals surface area (Å²) in [4.78, 5) is 14.3. The van der Waals surface area contributed by atoms with Crippen LogP contribution >= 0.6 is 0 Å². The summed E-state index contributed by atoms with van der Waals surface area (Å²) in [6.07, 6.45) is 3.85. The average molecular weight is 288 g/mol. The highest BCUT2D eigenvalue weighted by molar-refractivity contribution is 5.94. The molecule has 4 heteroatoms. The summed E-state index contributed by atoms with van der Waals surface area (Å²) in [5.74, 6) is -0.710. The number of rotatable bonds is 6. The van der Waals surface area contributed by atoms with E-state index in [-0.39, 0.29) is 11.5 Å². The van der Waals surface area contributed by atoms with Crippen molar-refractivity contribution in [1.82, 2.24) is 9.47 Å². The number of nitrogens with zero attached hydrogens (tertiary/aromatic N) is 2. The third-order valence-corrected chi connectivity index (χ3v) is 3.58. The molecule has 0 bridgehead atoms. The van der Waals surface area contributed by atoms with Gasteiger partial charge in [0.2, 0.25) is 0 Å². The van der Waals surface area contributed by atoms with Gasteiger partial charge in [-0.15, -0.1) is 0 Å². The summed E-state index contributed by atoms with van der Waals surface area (Å²) in [5, 5.41) is 0. The summed E-state index contributed by atoms with van der Waals surface area (Å²) in [6.45, 7) is 3.21. The van der Waals surface area contributed by atoms with Gasteiger partial charge < -0.3 is 9.47 Å². The minimum absolute atomic E-state index is 0.141. The number of carbonyl (C=O) groups is 1. The Balaban J connectivity index is 2.21. The second-order valence-corrected chi connectivity index (χ2v) is 5.17. The molecule has 0 aliphatic heterocycles. The maximum atomic E-state index is 13.8. The van der Waals surface area contributed by atoms with Gasteiger partial charge in [-0.3, -0.25) is 4.79 Å². The van der Waals surface area contributed by atoms with Crippen LogP contribution in [0, 0.1) is 5.82 Å². The highest BCUT2D eigenvalue weighted by Crippen LogP contribution is 2.14. The van der Waals surface area contributed by atoms with E-state index in [0.717, 1.165) is 18.5 Å². The topological polar surface area (TPSA) is 25.2 Å². The van der Waals surface area contributed by atoms with E-state index in [4.69, 9.17) is 0 Å². The first-order valence-electron chi connectivity index (χ1n) is 7.27. The second kappa shape index (κ2) is 7.07. The van der Waals surface area contributed by atoms with Gasteiger partial charge in [-0.1, -0.05) is 25.5 Å². The minimum Gasteiger partial charge on any atom is -0.353 e. The van der Waals surface area contributed by atoms with Crippen molar-refractivity contribution in [2.45, 2.75) is 26.3 Å². The molecule has 0 fully saturated rings. The van der Waals surface area contributed by atoms with Gasteiger partial charge >= 0.3 is 0 Å². The van der Waals surface area contributed by atoms with Gasteiger partial charge in [0.15, 0.2) is 0 Å². The Hall–Kier alpha value is -2.10. The Morgan fingerprint density at radius 1 is 1.24 bits per heavy atom. The summed E-state index contributed by atoms with van der Waals surface area (Å²) in [5.41, 5.74) is 1.18. The van der Waals surface area contributed by atoms with E-state index < -0.39 is 5.82 Å². The Kier molecular flexibility index (Phi) is 5.14. The van der Waals surface area contributed by atoms with Crippen molar-refractivity contribution in [3.63, 3.8) is 0 Å². The molecule has 0 radical (unpaired) electrons. The summed E-state index contributed by atoms with van der Waals surface area (Å²) in [6, 6.07) is 10.1. The maximum Gasteiger partial charge on any atom is 0.257 e. The Bertz CT molecular complexity index is 606. The number of benzene rings is 1. The lowest BCUT2D eigenvalue weighted by molar-refractivity contribution is 0.0732. The van der Waals surface area contributed by atoms with Crippen LogP contribution in [0.5, 0.6) is 0 Å². The normalized spacial score (nSPS) is 10.6. The SMILES string of the molecule is CCCCN(Cc1cccn1C)C(=O)c1ccccc1F. The molecule has 21 heavy (non-hydrogen) atoms. The van der Waals surface area contributed by atoms with E-state index in [0.29, 0.717) is 13.1 Å². The van der Waals surface area contributed by atoms with Crippen LogP contribution in [-0.4, -0.2) is 21.9 Å². The number of hydrogen-bond acceptors (Lipinski definition) is 1. The zero-order valence-electron chi connectivity index (χ0n) is 12.6. The van der Waals surface area contributed by atoms with Crippen molar-refractivity contribution in [2.24, 2.45) is 7.05 Å². The number of aryl methyl sites for hydroxylation is 1. The van der Waals surface area contributed by atoms with Gasteiger partial charge in [-0.2, -0.15) is 0 Å². The quantitative estimate of drug-likeness (QED) is 0.797. The molecule has 1 amide bonds. The predicted octanol–water partition coefficient (Wildman–Crippen LogP) is 3.61. The lowest BCUT2D eigenvalue weighted by Crippen LogP contribution is -2.32. The first-order chi connectivity index (χ1) is 10.1. The monoisotopic (exact) mass is 288 g/mol. The van der Waals surface area contributed by atoms with Crippen molar-refractivity contribution in [1.29, 1.82) is 0 Å². The Labute approximate surface area is 125 Å². The molecule has 3 nitrogen and oxygen atoms in total. The van der Waals surface area contributed by atoms with Gasteiger partial charge in [-0.05, 0) is 30.7 Å². The van der Waals surface area contributed by atoms with Gasteiger partial charge in [0.25, 0.3) is 5.91 Å². The number of aromatic nitrogens is 1. The zero-order chi connectivity index (χ0) is 15.2. The standard InChI is InChI=1S/C17H21FN2O/c1-3-4-12-20(13-14-8-7-11-19(14)2)17(21)15-9-5-6-10-16(15)18/h5-11H,3-4,12-13H2,1-2H3. The largest absolute Gasteiger partial charge is 0.353 e. The lowest BCUT2D eigenvalue weighted by Gasteiger charge is -2.23. The lowest BCUT2D eigenvalue weighted by atomic mass is 10.1. The van der Waals surface area contributed by atoms with E-state index >= 15 is 0 Å². The first-order valence-corrected chi connectivity index (χ1v) is 7.27. The summed E-state index contributed by atoms with van der Waals surface area (Å²) >= 11 is 0. The summed E-state index contributed by atoms with van der Waals surface area (Å²) < 4.78 is 15.8.